The lowest BCUT2D eigenvalue weighted by molar-refractivity contribution is 0.0971. The van der Waals surface area contributed by atoms with Crippen LogP contribution in [0.4, 0.5) is 5.69 Å². The molecule has 1 amide bonds. The number of phenols is 1. The Hall–Kier alpha value is -3.86. The molecular formula is C25H19NO4. The summed E-state index contributed by atoms with van der Waals surface area (Å²) < 4.78 is 5.92. The Kier molecular flexibility index (Phi) is 4.17. The van der Waals surface area contributed by atoms with Crippen LogP contribution in [0.1, 0.15) is 40.2 Å². The zero-order valence-corrected chi connectivity index (χ0v) is 16.3. The maximum absolute atomic E-state index is 13.4. The minimum Gasteiger partial charge on any atom is -0.508 e. The van der Waals surface area contributed by atoms with E-state index in [0.29, 0.717) is 27.8 Å². The van der Waals surface area contributed by atoms with Crippen LogP contribution >= 0.6 is 0 Å². The highest BCUT2D eigenvalue weighted by Gasteiger charge is 2.43. The minimum absolute atomic E-state index is 0.0478. The average molecular weight is 397 g/mol. The summed E-state index contributed by atoms with van der Waals surface area (Å²) in [6.07, 6.45) is 0.885. The summed E-state index contributed by atoms with van der Waals surface area (Å²) >= 11 is 0. The number of rotatable bonds is 3. The number of fused-ring (bicyclic) bond motifs is 2. The lowest BCUT2D eigenvalue weighted by Gasteiger charge is -2.25. The normalized spacial score (nSPS) is 15.6. The van der Waals surface area contributed by atoms with E-state index in [0.717, 1.165) is 12.0 Å². The molecule has 148 valence electrons. The third kappa shape index (κ3) is 2.70. The lowest BCUT2D eigenvalue weighted by atomic mass is 9.98. The van der Waals surface area contributed by atoms with Crippen LogP contribution in [0.15, 0.2) is 82.0 Å². The van der Waals surface area contributed by atoms with Crippen LogP contribution in [0.3, 0.4) is 0 Å². The van der Waals surface area contributed by atoms with Gasteiger partial charge in [0.15, 0.2) is 5.43 Å². The Morgan fingerprint density at radius 2 is 1.73 bits per heavy atom. The first-order valence-electron chi connectivity index (χ1n) is 9.85. The highest BCUT2D eigenvalue weighted by atomic mass is 16.3. The van der Waals surface area contributed by atoms with E-state index >= 15 is 0 Å². The molecule has 30 heavy (non-hydrogen) atoms. The molecule has 0 saturated carbocycles. The van der Waals surface area contributed by atoms with Crippen LogP contribution in [0.2, 0.25) is 0 Å². The van der Waals surface area contributed by atoms with E-state index in [4.69, 9.17) is 4.42 Å². The van der Waals surface area contributed by atoms with Gasteiger partial charge in [0.25, 0.3) is 5.91 Å². The highest BCUT2D eigenvalue weighted by Crippen LogP contribution is 2.41. The predicted molar refractivity (Wildman–Crippen MR) is 115 cm³/mol. The molecule has 1 aromatic heterocycles. The van der Waals surface area contributed by atoms with Gasteiger partial charge in [-0.1, -0.05) is 43.3 Å². The van der Waals surface area contributed by atoms with Crippen LogP contribution in [-0.4, -0.2) is 11.0 Å². The molecule has 5 rings (SSSR count). The van der Waals surface area contributed by atoms with Gasteiger partial charge in [-0.3, -0.25) is 14.5 Å². The van der Waals surface area contributed by atoms with E-state index < -0.39 is 6.04 Å². The minimum atomic E-state index is -0.687. The van der Waals surface area contributed by atoms with Crippen molar-refractivity contribution in [1.82, 2.24) is 0 Å². The molecular weight excluding hydrogens is 378 g/mol. The molecule has 0 radical (unpaired) electrons. The lowest BCUT2D eigenvalue weighted by Crippen LogP contribution is -2.29. The number of nitrogens with zero attached hydrogens (tertiary/aromatic N) is 1. The molecule has 2 heterocycles. The molecule has 0 fully saturated rings. The summed E-state index contributed by atoms with van der Waals surface area (Å²) in [7, 11) is 0. The summed E-state index contributed by atoms with van der Waals surface area (Å²) in [6.45, 7) is 2.07. The number of carbonyl (C=O) groups excluding carboxylic acids is 1. The maximum Gasteiger partial charge on any atom is 0.295 e. The topological polar surface area (TPSA) is 70.8 Å². The summed E-state index contributed by atoms with van der Waals surface area (Å²) in [5.74, 6) is -0.253. The van der Waals surface area contributed by atoms with Crippen molar-refractivity contribution in [2.75, 3.05) is 4.90 Å². The van der Waals surface area contributed by atoms with Crippen molar-refractivity contribution in [3.8, 4) is 5.75 Å². The first kappa shape index (κ1) is 18.2. The Bertz CT molecular complexity index is 1340. The predicted octanol–water partition coefficient (Wildman–Crippen LogP) is 4.81. The standard InChI is InChI=1S/C25H19NO4/c1-2-15-10-12-17(13-11-15)26-22(16-6-5-7-18(27)14-16)21-23(28)19-8-3-4-9-20(19)30-24(21)25(26)29/h3-14,22,27H,2H2,1H3. The fourth-order valence-corrected chi connectivity index (χ4v) is 4.09. The van der Waals surface area contributed by atoms with E-state index in [9.17, 15) is 14.7 Å². The second kappa shape index (κ2) is 6.88. The third-order valence-electron chi connectivity index (χ3n) is 5.59. The largest absolute Gasteiger partial charge is 0.508 e. The molecule has 4 aromatic rings. The zero-order valence-electron chi connectivity index (χ0n) is 16.3. The zero-order chi connectivity index (χ0) is 20.8. The number of carbonyl (C=O) groups is 1. The monoisotopic (exact) mass is 397 g/mol. The molecule has 1 unspecified atom stereocenters. The van der Waals surface area contributed by atoms with Gasteiger partial charge in [-0.05, 0) is 53.9 Å². The van der Waals surface area contributed by atoms with Gasteiger partial charge >= 0.3 is 0 Å². The fourth-order valence-electron chi connectivity index (χ4n) is 4.09. The SMILES string of the molecule is CCc1ccc(N2C(=O)c3oc4ccccc4c(=O)c3C2c2cccc(O)c2)cc1. The number of aromatic hydroxyl groups is 1. The van der Waals surface area contributed by atoms with Gasteiger partial charge in [-0.25, -0.2) is 0 Å². The number of aryl methyl sites for hydroxylation is 1. The number of amides is 1. The van der Waals surface area contributed by atoms with Crippen LogP contribution in [0, 0.1) is 0 Å². The Morgan fingerprint density at radius 1 is 0.967 bits per heavy atom. The van der Waals surface area contributed by atoms with Crippen molar-refractivity contribution >= 4 is 22.6 Å². The van der Waals surface area contributed by atoms with Gasteiger partial charge in [-0.2, -0.15) is 0 Å². The number of benzene rings is 3. The van der Waals surface area contributed by atoms with Crippen LogP contribution < -0.4 is 10.3 Å². The van der Waals surface area contributed by atoms with E-state index in [-0.39, 0.29) is 22.8 Å². The summed E-state index contributed by atoms with van der Waals surface area (Å²) in [4.78, 5) is 28.4. The van der Waals surface area contributed by atoms with E-state index in [1.165, 1.54) is 0 Å². The van der Waals surface area contributed by atoms with Crippen LogP contribution in [0.25, 0.3) is 11.0 Å². The summed E-state index contributed by atoms with van der Waals surface area (Å²) in [6, 6.07) is 20.6. The van der Waals surface area contributed by atoms with Crippen LogP contribution in [0.5, 0.6) is 5.75 Å². The van der Waals surface area contributed by atoms with E-state index in [2.05, 4.69) is 6.92 Å². The second-order valence-electron chi connectivity index (χ2n) is 7.36. The van der Waals surface area contributed by atoms with Crippen molar-refractivity contribution < 1.29 is 14.3 Å². The molecule has 5 heteroatoms. The number of para-hydroxylation sites is 1. The molecule has 0 bridgehead atoms. The molecule has 0 aliphatic carbocycles. The van der Waals surface area contributed by atoms with Gasteiger partial charge in [-0.15, -0.1) is 0 Å². The van der Waals surface area contributed by atoms with Gasteiger partial charge in [0.05, 0.1) is 17.0 Å². The van der Waals surface area contributed by atoms with E-state index in [1.807, 2.05) is 24.3 Å². The number of hydrogen-bond acceptors (Lipinski definition) is 4. The van der Waals surface area contributed by atoms with Crippen molar-refractivity contribution in [2.24, 2.45) is 0 Å². The van der Waals surface area contributed by atoms with Gasteiger partial charge in [0, 0.05) is 5.69 Å². The van der Waals surface area contributed by atoms with Crippen molar-refractivity contribution in [1.29, 1.82) is 0 Å². The van der Waals surface area contributed by atoms with Crippen molar-refractivity contribution in [2.45, 2.75) is 19.4 Å². The van der Waals surface area contributed by atoms with E-state index in [1.54, 1.807) is 53.4 Å². The maximum atomic E-state index is 13.4. The molecule has 1 aliphatic heterocycles. The number of hydrogen-bond donors (Lipinski definition) is 1. The van der Waals surface area contributed by atoms with Gasteiger partial charge < -0.3 is 9.52 Å². The fraction of sp³-hybridized carbons (Fsp3) is 0.120. The van der Waals surface area contributed by atoms with Crippen molar-refractivity contribution in [3.05, 3.63) is 105 Å². The quantitative estimate of drug-likeness (QED) is 0.539. The summed E-state index contributed by atoms with van der Waals surface area (Å²) in [5, 5.41) is 10.5. The average Bonchev–Trinajstić information content (AvgIpc) is 3.07. The Morgan fingerprint density at radius 3 is 2.47 bits per heavy atom. The Balaban J connectivity index is 1.79. The molecule has 0 saturated heterocycles. The summed E-state index contributed by atoms with van der Waals surface area (Å²) in [5.41, 5.74) is 2.90. The highest BCUT2D eigenvalue weighted by molar-refractivity contribution is 6.10. The molecule has 1 N–H and O–H groups in total. The second-order valence-corrected chi connectivity index (χ2v) is 7.36. The van der Waals surface area contributed by atoms with Gasteiger partial charge in [0.1, 0.15) is 11.3 Å². The number of phenolic OH excluding ortho intramolecular Hbond substituents is 1. The smallest absolute Gasteiger partial charge is 0.295 e. The first-order chi connectivity index (χ1) is 14.6. The Labute approximate surface area is 172 Å². The number of anilines is 1. The first-order valence-corrected chi connectivity index (χ1v) is 9.85. The molecule has 1 aliphatic rings. The molecule has 3 aromatic carbocycles. The molecule has 1 atom stereocenters. The van der Waals surface area contributed by atoms with Crippen molar-refractivity contribution in [3.63, 3.8) is 0 Å². The van der Waals surface area contributed by atoms with Gasteiger partial charge in [0.2, 0.25) is 5.76 Å². The molecule has 5 nitrogen and oxygen atoms in total. The molecule has 0 spiro atoms. The van der Waals surface area contributed by atoms with Crippen LogP contribution in [-0.2, 0) is 6.42 Å². The third-order valence-corrected chi connectivity index (χ3v) is 5.59.